The quantitative estimate of drug-likeness (QED) is 0.710. The predicted molar refractivity (Wildman–Crippen MR) is 50.1 cm³/mol. The van der Waals surface area contributed by atoms with Crippen LogP contribution in [0, 0.1) is 0 Å². The molecule has 1 aliphatic rings. The van der Waals surface area contributed by atoms with Crippen molar-refractivity contribution in [2.75, 3.05) is 7.11 Å². The van der Waals surface area contributed by atoms with E-state index in [-0.39, 0.29) is 0 Å². The van der Waals surface area contributed by atoms with E-state index in [9.17, 15) is 0 Å². The summed E-state index contributed by atoms with van der Waals surface area (Å²) in [6.45, 7) is 0. The molecule has 1 aliphatic carbocycles. The summed E-state index contributed by atoms with van der Waals surface area (Å²) < 4.78 is 0. The highest BCUT2D eigenvalue weighted by atomic mass is 32.1. The molecule has 2 nitrogen and oxygen atoms in total. The topological polar surface area (TPSA) is 21.3 Å². The van der Waals surface area contributed by atoms with E-state index in [1.165, 1.54) is 29.7 Å². The summed E-state index contributed by atoms with van der Waals surface area (Å²) in [6, 6.07) is 2.63. The van der Waals surface area contributed by atoms with Crippen LogP contribution in [-0.2, 0) is 11.3 Å². The molecule has 0 saturated carbocycles. The fourth-order valence-electron chi connectivity index (χ4n) is 1.75. The lowest BCUT2D eigenvalue weighted by Crippen LogP contribution is -2.22. The van der Waals surface area contributed by atoms with Crippen LogP contribution >= 0.6 is 11.3 Å². The normalized spacial score (nSPS) is 22.2. The third-order valence-corrected chi connectivity index (χ3v) is 3.31. The Bertz CT molecular complexity index is 259. The first-order valence-corrected chi connectivity index (χ1v) is 5.14. The maximum absolute atomic E-state index is 4.96. The molecule has 1 aromatic heterocycles. The van der Waals surface area contributed by atoms with Gasteiger partial charge < -0.3 is 4.84 Å². The van der Waals surface area contributed by atoms with Crippen molar-refractivity contribution in [2.24, 2.45) is 0 Å². The summed E-state index contributed by atoms with van der Waals surface area (Å²) in [6.07, 6.45) is 3.71. The second-order valence-electron chi connectivity index (χ2n) is 3.07. The Morgan fingerprint density at radius 2 is 2.58 bits per heavy atom. The zero-order valence-corrected chi connectivity index (χ0v) is 7.99. The van der Waals surface area contributed by atoms with Gasteiger partial charge in [0.25, 0.3) is 0 Å². The predicted octanol–water partition coefficient (Wildman–Crippen LogP) is 2.28. The number of aryl methyl sites for hydroxylation is 1. The number of hydroxylamine groups is 1. The summed E-state index contributed by atoms with van der Waals surface area (Å²) in [5.74, 6) is 0. The first kappa shape index (κ1) is 8.23. The monoisotopic (exact) mass is 183 g/mol. The first-order valence-electron chi connectivity index (χ1n) is 4.26. The molecule has 3 heteroatoms. The second kappa shape index (κ2) is 3.56. The molecular formula is C9H13NOS. The largest absolute Gasteiger partial charge is 0.305 e. The van der Waals surface area contributed by atoms with Gasteiger partial charge in [0.15, 0.2) is 0 Å². The SMILES string of the molecule is CONC1CCCc2sccc21. The lowest BCUT2D eigenvalue weighted by atomic mass is 9.95. The van der Waals surface area contributed by atoms with E-state index >= 15 is 0 Å². The van der Waals surface area contributed by atoms with E-state index in [1.807, 2.05) is 11.3 Å². The molecule has 1 heterocycles. The molecule has 0 aromatic carbocycles. The molecule has 0 radical (unpaired) electrons. The van der Waals surface area contributed by atoms with E-state index in [2.05, 4.69) is 16.9 Å². The van der Waals surface area contributed by atoms with Crippen molar-refractivity contribution in [1.82, 2.24) is 5.48 Å². The van der Waals surface area contributed by atoms with E-state index in [0.29, 0.717) is 6.04 Å². The maximum Gasteiger partial charge on any atom is 0.0582 e. The van der Waals surface area contributed by atoms with Gasteiger partial charge in [-0.3, -0.25) is 0 Å². The third-order valence-electron chi connectivity index (χ3n) is 2.31. The van der Waals surface area contributed by atoms with Crippen molar-refractivity contribution in [3.05, 3.63) is 21.9 Å². The maximum atomic E-state index is 4.96. The number of rotatable bonds is 2. The minimum Gasteiger partial charge on any atom is -0.305 e. The van der Waals surface area contributed by atoms with Crippen LogP contribution in [0.4, 0.5) is 0 Å². The van der Waals surface area contributed by atoms with Crippen molar-refractivity contribution in [3.8, 4) is 0 Å². The molecule has 66 valence electrons. The Balaban J connectivity index is 2.19. The summed E-state index contributed by atoms with van der Waals surface area (Å²) in [4.78, 5) is 6.49. The molecule has 0 saturated heterocycles. The minimum atomic E-state index is 0.421. The van der Waals surface area contributed by atoms with Gasteiger partial charge >= 0.3 is 0 Å². The first-order chi connectivity index (χ1) is 5.92. The van der Waals surface area contributed by atoms with Crippen LogP contribution in [0.5, 0.6) is 0 Å². The van der Waals surface area contributed by atoms with Gasteiger partial charge in [-0.15, -0.1) is 11.3 Å². The Hall–Kier alpha value is -0.380. The van der Waals surface area contributed by atoms with Crippen molar-refractivity contribution < 1.29 is 4.84 Å². The van der Waals surface area contributed by atoms with Crippen molar-refractivity contribution in [1.29, 1.82) is 0 Å². The molecule has 1 aromatic rings. The third kappa shape index (κ3) is 1.40. The van der Waals surface area contributed by atoms with Crippen LogP contribution < -0.4 is 5.48 Å². The van der Waals surface area contributed by atoms with E-state index in [1.54, 1.807) is 7.11 Å². The Morgan fingerprint density at radius 3 is 3.42 bits per heavy atom. The van der Waals surface area contributed by atoms with Gasteiger partial charge in [0.2, 0.25) is 0 Å². The summed E-state index contributed by atoms with van der Waals surface area (Å²) >= 11 is 1.86. The highest BCUT2D eigenvalue weighted by Crippen LogP contribution is 2.32. The average molecular weight is 183 g/mol. The molecule has 0 aliphatic heterocycles. The second-order valence-corrected chi connectivity index (χ2v) is 4.07. The zero-order valence-electron chi connectivity index (χ0n) is 7.17. The number of nitrogens with one attached hydrogen (secondary N) is 1. The fourth-order valence-corrected chi connectivity index (χ4v) is 2.74. The van der Waals surface area contributed by atoms with Gasteiger partial charge in [-0.25, -0.2) is 0 Å². The molecule has 0 amide bonds. The van der Waals surface area contributed by atoms with Crippen LogP contribution in [0.1, 0.15) is 29.3 Å². The molecule has 0 fully saturated rings. The Kier molecular flexibility index (Phi) is 2.44. The van der Waals surface area contributed by atoms with Gasteiger partial charge in [0.05, 0.1) is 13.2 Å². The van der Waals surface area contributed by atoms with E-state index in [0.717, 1.165) is 0 Å². The molecule has 1 unspecified atom stereocenters. The zero-order chi connectivity index (χ0) is 8.39. The Morgan fingerprint density at radius 1 is 1.67 bits per heavy atom. The van der Waals surface area contributed by atoms with Gasteiger partial charge in [0, 0.05) is 4.88 Å². The van der Waals surface area contributed by atoms with Gasteiger partial charge in [-0.2, -0.15) is 5.48 Å². The Labute approximate surface area is 76.5 Å². The van der Waals surface area contributed by atoms with Crippen molar-refractivity contribution in [2.45, 2.75) is 25.3 Å². The van der Waals surface area contributed by atoms with Gasteiger partial charge in [-0.1, -0.05) is 0 Å². The molecule has 0 spiro atoms. The van der Waals surface area contributed by atoms with Crippen molar-refractivity contribution in [3.63, 3.8) is 0 Å². The van der Waals surface area contributed by atoms with Crippen molar-refractivity contribution >= 4 is 11.3 Å². The lowest BCUT2D eigenvalue weighted by molar-refractivity contribution is 0.0554. The van der Waals surface area contributed by atoms with Crippen LogP contribution in [0.25, 0.3) is 0 Å². The molecular weight excluding hydrogens is 170 g/mol. The fraction of sp³-hybridized carbons (Fsp3) is 0.556. The van der Waals surface area contributed by atoms with E-state index < -0.39 is 0 Å². The van der Waals surface area contributed by atoms with Gasteiger partial charge in [0.1, 0.15) is 0 Å². The van der Waals surface area contributed by atoms with Crippen LogP contribution in [0.15, 0.2) is 11.4 Å². The number of fused-ring (bicyclic) bond motifs is 1. The van der Waals surface area contributed by atoms with Crippen LogP contribution in [-0.4, -0.2) is 7.11 Å². The molecule has 1 atom stereocenters. The van der Waals surface area contributed by atoms with Crippen LogP contribution in [0.2, 0.25) is 0 Å². The average Bonchev–Trinajstić information content (AvgIpc) is 2.53. The molecule has 1 N–H and O–H groups in total. The van der Waals surface area contributed by atoms with E-state index in [4.69, 9.17) is 4.84 Å². The summed E-state index contributed by atoms with van der Waals surface area (Å²) in [5, 5.41) is 2.17. The number of hydrogen-bond donors (Lipinski definition) is 1. The minimum absolute atomic E-state index is 0.421. The van der Waals surface area contributed by atoms with Crippen LogP contribution in [0.3, 0.4) is 0 Å². The smallest absolute Gasteiger partial charge is 0.0582 e. The molecule has 2 rings (SSSR count). The molecule has 0 bridgehead atoms. The standard InChI is InChI=1S/C9H13NOS/c1-11-10-8-3-2-4-9-7(8)5-6-12-9/h5-6,8,10H,2-4H2,1H3. The lowest BCUT2D eigenvalue weighted by Gasteiger charge is -2.22. The number of hydrogen-bond acceptors (Lipinski definition) is 3. The summed E-state index contributed by atoms with van der Waals surface area (Å²) in [5.41, 5.74) is 4.47. The molecule has 12 heavy (non-hydrogen) atoms. The highest BCUT2D eigenvalue weighted by Gasteiger charge is 2.20. The number of thiophene rings is 1. The highest BCUT2D eigenvalue weighted by molar-refractivity contribution is 7.10. The van der Waals surface area contributed by atoms with Gasteiger partial charge in [-0.05, 0) is 36.3 Å². The summed E-state index contributed by atoms with van der Waals surface area (Å²) in [7, 11) is 1.68.